The van der Waals surface area contributed by atoms with Gasteiger partial charge in [-0.15, -0.1) is 0 Å². The summed E-state index contributed by atoms with van der Waals surface area (Å²) in [5.41, 5.74) is 1.14. The van der Waals surface area contributed by atoms with Crippen molar-refractivity contribution in [2.24, 2.45) is 4.99 Å². The smallest absolute Gasteiger partial charge is 0.191 e. The zero-order chi connectivity index (χ0) is 20.6. The Kier molecular flexibility index (Phi) is 7.10. The molecule has 0 amide bonds. The molecule has 156 valence electrons. The molecule has 2 N–H and O–H groups in total. The summed E-state index contributed by atoms with van der Waals surface area (Å²) in [6, 6.07) is 9.14. The third-order valence-electron chi connectivity index (χ3n) is 4.95. The maximum atomic E-state index is 13.9. The van der Waals surface area contributed by atoms with Crippen molar-refractivity contribution in [3.05, 3.63) is 47.9 Å². The van der Waals surface area contributed by atoms with Crippen molar-refractivity contribution in [1.29, 1.82) is 0 Å². The lowest BCUT2D eigenvalue weighted by Crippen LogP contribution is -2.45. The number of nitrogens with zero attached hydrogens (tertiary/aromatic N) is 3. The Morgan fingerprint density at radius 1 is 1.28 bits per heavy atom. The minimum Gasteiger partial charge on any atom is -0.493 e. The molecular weight excluding hydrogens is 373 g/mol. The molecule has 2 aromatic rings. The summed E-state index contributed by atoms with van der Waals surface area (Å²) in [7, 11) is 5.01. The van der Waals surface area contributed by atoms with Crippen LogP contribution in [0, 0.1) is 5.82 Å². The highest BCUT2D eigenvalue weighted by Gasteiger charge is 2.25. The van der Waals surface area contributed by atoms with E-state index in [0.717, 1.165) is 49.0 Å². The number of methoxy groups -OCH3 is 2. The minimum absolute atomic E-state index is 0.184. The van der Waals surface area contributed by atoms with E-state index in [9.17, 15) is 4.39 Å². The molecule has 0 spiro atoms. The second kappa shape index (κ2) is 9.95. The molecule has 1 saturated heterocycles. The quantitative estimate of drug-likeness (QED) is 0.548. The third-order valence-corrected chi connectivity index (χ3v) is 4.95. The van der Waals surface area contributed by atoms with E-state index < -0.39 is 0 Å². The molecule has 0 saturated carbocycles. The molecule has 1 aromatic carbocycles. The van der Waals surface area contributed by atoms with Crippen molar-refractivity contribution < 1.29 is 13.9 Å². The van der Waals surface area contributed by atoms with Gasteiger partial charge in [-0.25, -0.2) is 9.37 Å². The summed E-state index contributed by atoms with van der Waals surface area (Å²) in [5, 5.41) is 6.75. The number of nitrogens with one attached hydrogen (secondary N) is 2. The molecule has 2 heterocycles. The monoisotopic (exact) mass is 401 g/mol. The third kappa shape index (κ3) is 5.28. The molecular formula is C21H28FN5O2. The lowest BCUT2D eigenvalue weighted by molar-refractivity contribution is 0.354. The lowest BCUT2D eigenvalue weighted by Gasteiger charge is -2.20. The fraction of sp³-hybridized carbons (Fsp3) is 0.429. The van der Waals surface area contributed by atoms with Crippen LogP contribution in [0.5, 0.6) is 11.5 Å². The molecule has 1 atom stereocenters. The molecule has 1 fully saturated rings. The molecule has 1 aromatic heterocycles. The fourth-order valence-corrected chi connectivity index (χ4v) is 3.43. The number of hydrogen-bond donors (Lipinski definition) is 2. The predicted molar refractivity (Wildman–Crippen MR) is 113 cm³/mol. The Hall–Kier alpha value is -3.03. The minimum atomic E-state index is -0.287. The average Bonchev–Trinajstić information content (AvgIpc) is 3.21. The number of ether oxygens (including phenoxy) is 2. The summed E-state index contributed by atoms with van der Waals surface area (Å²) in [4.78, 5) is 10.4. The first kappa shape index (κ1) is 20.7. The number of hydrogen-bond acceptors (Lipinski definition) is 5. The summed E-state index contributed by atoms with van der Waals surface area (Å²) < 4.78 is 24.6. The van der Waals surface area contributed by atoms with Crippen molar-refractivity contribution in [2.75, 3.05) is 45.8 Å². The van der Waals surface area contributed by atoms with Gasteiger partial charge in [-0.2, -0.15) is 0 Å². The van der Waals surface area contributed by atoms with Crippen molar-refractivity contribution >= 4 is 11.8 Å². The van der Waals surface area contributed by atoms with Crippen LogP contribution < -0.4 is 25.0 Å². The SMILES string of the molecule is CN=C(NCCc1ccc(OC)c(OC)c1)NC1CCN(c2ncccc2F)C1. The van der Waals surface area contributed by atoms with Crippen LogP contribution in [0.1, 0.15) is 12.0 Å². The first-order valence-corrected chi connectivity index (χ1v) is 9.68. The Bertz CT molecular complexity index is 846. The molecule has 1 unspecified atom stereocenters. The Labute approximate surface area is 170 Å². The Morgan fingerprint density at radius 2 is 2.10 bits per heavy atom. The summed E-state index contributed by atoms with van der Waals surface area (Å²) >= 11 is 0. The van der Waals surface area contributed by atoms with Crippen molar-refractivity contribution in [3.8, 4) is 11.5 Å². The number of rotatable bonds is 7. The second-order valence-corrected chi connectivity index (χ2v) is 6.82. The van der Waals surface area contributed by atoms with Crippen molar-refractivity contribution in [3.63, 3.8) is 0 Å². The van der Waals surface area contributed by atoms with Gasteiger partial charge < -0.3 is 25.0 Å². The molecule has 8 heteroatoms. The number of guanidine groups is 1. The number of benzene rings is 1. The highest BCUT2D eigenvalue weighted by Crippen LogP contribution is 2.27. The standard InChI is InChI=1S/C21H28FN5O2/c1-23-21(25-11-8-15-6-7-18(28-2)19(13-15)29-3)26-16-9-12-27(14-16)20-17(22)5-4-10-24-20/h4-7,10,13,16H,8-9,11-12,14H2,1-3H3,(H2,23,25,26). The average molecular weight is 401 g/mol. The summed E-state index contributed by atoms with van der Waals surface area (Å²) in [6.07, 6.45) is 3.33. The van der Waals surface area contributed by atoms with Gasteiger partial charge in [0, 0.05) is 38.9 Å². The summed E-state index contributed by atoms with van der Waals surface area (Å²) in [5.74, 6) is 2.30. The first-order chi connectivity index (χ1) is 14.1. The highest BCUT2D eigenvalue weighted by atomic mass is 19.1. The van der Waals surface area contributed by atoms with E-state index in [1.165, 1.54) is 6.07 Å². The van der Waals surface area contributed by atoms with E-state index in [1.54, 1.807) is 33.5 Å². The fourth-order valence-electron chi connectivity index (χ4n) is 3.43. The van der Waals surface area contributed by atoms with Crippen LogP contribution in [0.4, 0.5) is 10.2 Å². The molecule has 7 nitrogen and oxygen atoms in total. The first-order valence-electron chi connectivity index (χ1n) is 9.68. The molecule has 0 radical (unpaired) electrons. The Balaban J connectivity index is 1.48. The van der Waals surface area contributed by atoms with Crippen LogP contribution in [0.3, 0.4) is 0 Å². The van der Waals surface area contributed by atoms with Crippen LogP contribution >= 0.6 is 0 Å². The maximum Gasteiger partial charge on any atom is 0.191 e. The predicted octanol–water partition coefficient (Wildman–Crippen LogP) is 2.22. The van der Waals surface area contributed by atoms with Gasteiger partial charge in [0.1, 0.15) is 0 Å². The molecule has 1 aliphatic heterocycles. The zero-order valence-corrected chi connectivity index (χ0v) is 17.1. The van der Waals surface area contributed by atoms with E-state index >= 15 is 0 Å². The maximum absolute atomic E-state index is 13.9. The van der Waals surface area contributed by atoms with Gasteiger partial charge in [-0.05, 0) is 42.7 Å². The number of halogens is 1. The topological polar surface area (TPSA) is 71.0 Å². The van der Waals surface area contributed by atoms with E-state index in [1.807, 2.05) is 23.1 Å². The van der Waals surface area contributed by atoms with Crippen molar-refractivity contribution in [2.45, 2.75) is 18.9 Å². The van der Waals surface area contributed by atoms with E-state index in [0.29, 0.717) is 12.4 Å². The molecule has 29 heavy (non-hydrogen) atoms. The van der Waals surface area contributed by atoms with Gasteiger partial charge in [-0.3, -0.25) is 4.99 Å². The normalized spacial score (nSPS) is 16.6. The van der Waals surface area contributed by atoms with E-state index in [2.05, 4.69) is 20.6 Å². The Morgan fingerprint density at radius 3 is 2.83 bits per heavy atom. The molecule has 1 aliphatic rings. The molecule has 0 aliphatic carbocycles. The van der Waals surface area contributed by atoms with E-state index in [4.69, 9.17) is 9.47 Å². The highest BCUT2D eigenvalue weighted by molar-refractivity contribution is 5.80. The van der Waals surface area contributed by atoms with Crippen LogP contribution in [-0.4, -0.2) is 57.9 Å². The van der Waals surface area contributed by atoms with Gasteiger partial charge in [0.2, 0.25) is 0 Å². The van der Waals surface area contributed by atoms with Crippen molar-refractivity contribution in [1.82, 2.24) is 15.6 Å². The van der Waals surface area contributed by atoms with Gasteiger partial charge in [0.05, 0.1) is 14.2 Å². The molecule has 3 rings (SSSR count). The van der Waals surface area contributed by atoms with Gasteiger partial charge in [-0.1, -0.05) is 6.07 Å². The van der Waals surface area contributed by atoms with Gasteiger partial charge in [0.15, 0.2) is 29.1 Å². The number of anilines is 1. The van der Waals surface area contributed by atoms with E-state index in [-0.39, 0.29) is 11.9 Å². The largest absolute Gasteiger partial charge is 0.493 e. The summed E-state index contributed by atoms with van der Waals surface area (Å²) in [6.45, 7) is 2.17. The van der Waals surface area contributed by atoms with Gasteiger partial charge in [0.25, 0.3) is 0 Å². The van der Waals surface area contributed by atoms with Crippen LogP contribution in [-0.2, 0) is 6.42 Å². The van der Waals surface area contributed by atoms with Crippen LogP contribution in [0.2, 0.25) is 0 Å². The zero-order valence-electron chi connectivity index (χ0n) is 17.1. The number of aliphatic imine (C=N–C) groups is 1. The second-order valence-electron chi connectivity index (χ2n) is 6.82. The van der Waals surface area contributed by atoms with Crippen LogP contribution in [0.15, 0.2) is 41.5 Å². The number of pyridine rings is 1. The molecule has 0 bridgehead atoms. The van der Waals surface area contributed by atoms with Gasteiger partial charge >= 0.3 is 0 Å². The lowest BCUT2D eigenvalue weighted by atomic mass is 10.1. The number of aromatic nitrogens is 1. The van der Waals surface area contributed by atoms with Crippen LogP contribution in [0.25, 0.3) is 0 Å².